The molecule has 0 radical (unpaired) electrons. The average molecular weight is 181 g/mol. The van der Waals surface area contributed by atoms with Gasteiger partial charge in [0.25, 0.3) is 0 Å². The Labute approximate surface area is 75.7 Å². The van der Waals surface area contributed by atoms with E-state index < -0.39 is 0 Å². The van der Waals surface area contributed by atoms with Gasteiger partial charge in [-0.15, -0.1) is 5.10 Å². The van der Waals surface area contributed by atoms with Gasteiger partial charge in [-0.1, -0.05) is 5.21 Å². The third-order valence-corrected chi connectivity index (χ3v) is 2.27. The summed E-state index contributed by atoms with van der Waals surface area (Å²) in [5.41, 5.74) is 0.565. The molecule has 1 atom stereocenters. The van der Waals surface area contributed by atoms with Gasteiger partial charge in [0.05, 0.1) is 12.8 Å². The van der Waals surface area contributed by atoms with Crippen molar-refractivity contribution in [2.24, 2.45) is 13.0 Å². The molecule has 1 aromatic heterocycles. The molecule has 0 aromatic carbocycles. The van der Waals surface area contributed by atoms with E-state index in [-0.39, 0.29) is 11.7 Å². The van der Waals surface area contributed by atoms with E-state index in [0.29, 0.717) is 18.9 Å². The molecule has 0 amide bonds. The lowest BCUT2D eigenvalue weighted by atomic mass is 10.0. The SMILES string of the molecule is Cn1nncc1C(=O)C1CCOC1. The number of rotatable bonds is 2. The van der Waals surface area contributed by atoms with Crippen LogP contribution >= 0.6 is 0 Å². The van der Waals surface area contributed by atoms with E-state index in [2.05, 4.69) is 10.3 Å². The Morgan fingerprint density at radius 1 is 1.77 bits per heavy atom. The largest absolute Gasteiger partial charge is 0.381 e. The first kappa shape index (κ1) is 8.37. The molecular weight excluding hydrogens is 170 g/mol. The molecule has 5 heteroatoms. The lowest BCUT2D eigenvalue weighted by Gasteiger charge is -2.04. The van der Waals surface area contributed by atoms with Crippen LogP contribution in [-0.4, -0.2) is 34.0 Å². The summed E-state index contributed by atoms with van der Waals surface area (Å²) in [5.74, 6) is 0.0854. The first-order valence-electron chi connectivity index (χ1n) is 4.25. The highest BCUT2D eigenvalue weighted by molar-refractivity contribution is 5.96. The Morgan fingerprint density at radius 2 is 2.62 bits per heavy atom. The maximum Gasteiger partial charge on any atom is 0.187 e. The summed E-state index contributed by atoms with van der Waals surface area (Å²) in [6, 6.07) is 0. The molecule has 1 fully saturated rings. The Kier molecular flexibility index (Phi) is 2.10. The van der Waals surface area contributed by atoms with Gasteiger partial charge in [0, 0.05) is 19.6 Å². The van der Waals surface area contributed by atoms with Crippen molar-refractivity contribution < 1.29 is 9.53 Å². The lowest BCUT2D eigenvalue weighted by molar-refractivity contribution is 0.0890. The number of nitrogens with zero attached hydrogens (tertiary/aromatic N) is 3. The molecule has 1 aromatic rings. The van der Waals surface area contributed by atoms with E-state index in [9.17, 15) is 4.79 Å². The molecule has 0 aliphatic carbocycles. The van der Waals surface area contributed by atoms with Gasteiger partial charge < -0.3 is 4.74 Å². The molecule has 1 aliphatic rings. The zero-order valence-electron chi connectivity index (χ0n) is 7.43. The van der Waals surface area contributed by atoms with Gasteiger partial charge in [0.15, 0.2) is 5.78 Å². The predicted octanol–water partition coefficient (Wildman–Crippen LogP) is 0.0343. The quantitative estimate of drug-likeness (QED) is 0.604. The molecular formula is C8H11N3O2. The number of hydrogen-bond acceptors (Lipinski definition) is 4. The molecule has 0 bridgehead atoms. The van der Waals surface area contributed by atoms with Gasteiger partial charge in [0.2, 0.25) is 0 Å². The lowest BCUT2D eigenvalue weighted by Crippen LogP contribution is -2.17. The Morgan fingerprint density at radius 3 is 3.15 bits per heavy atom. The smallest absolute Gasteiger partial charge is 0.187 e. The summed E-state index contributed by atoms with van der Waals surface area (Å²) in [7, 11) is 1.72. The molecule has 2 rings (SSSR count). The highest BCUT2D eigenvalue weighted by Gasteiger charge is 2.26. The van der Waals surface area contributed by atoms with Crippen LogP contribution in [0.1, 0.15) is 16.9 Å². The van der Waals surface area contributed by atoms with Gasteiger partial charge in [-0.05, 0) is 6.42 Å². The van der Waals surface area contributed by atoms with Crippen molar-refractivity contribution in [2.75, 3.05) is 13.2 Å². The van der Waals surface area contributed by atoms with Crippen LogP contribution in [0.4, 0.5) is 0 Å². The Bertz CT molecular complexity index is 315. The summed E-state index contributed by atoms with van der Waals surface area (Å²) < 4.78 is 6.65. The normalized spacial score (nSPS) is 22.1. The number of aromatic nitrogens is 3. The zero-order chi connectivity index (χ0) is 9.26. The second-order valence-electron chi connectivity index (χ2n) is 3.17. The highest BCUT2D eigenvalue weighted by Crippen LogP contribution is 2.17. The minimum absolute atomic E-state index is 0.00259. The third-order valence-electron chi connectivity index (χ3n) is 2.27. The van der Waals surface area contributed by atoms with Gasteiger partial charge in [-0.3, -0.25) is 4.79 Å². The predicted molar refractivity (Wildman–Crippen MR) is 44.3 cm³/mol. The molecule has 2 heterocycles. The fraction of sp³-hybridized carbons (Fsp3) is 0.625. The summed E-state index contributed by atoms with van der Waals surface area (Å²) in [6.07, 6.45) is 2.31. The van der Waals surface area contributed by atoms with Crippen LogP contribution in [0.5, 0.6) is 0 Å². The minimum Gasteiger partial charge on any atom is -0.381 e. The fourth-order valence-corrected chi connectivity index (χ4v) is 1.46. The van der Waals surface area contributed by atoms with E-state index in [1.165, 1.54) is 10.9 Å². The topological polar surface area (TPSA) is 57.0 Å². The average Bonchev–Trinajstić information content (AvgIpc) is 2.72. The van der Waals surface area contributed by atoms with Crippen molar-refractivity contribution in [3.05, 3.63) is 11.9 Å². The van der Waals surface area contributed by atoms with Crippen molar-refractivity contribution in [1.82, 2.24) is 15.0 Å². The minimum atomic E-state index is -0.00259. The van der Waals surface area contributed by atoms with Crippen molar-refractivity contribution in [2.45, 2.75) is 6.42 Å². The molecule has 0 spiro atoms. The van der Waals surface area contributed by atoms with Crippen molar-refractivity contribution in [3.63, 3.8) is 0 Å². The van der Waals surface area contributed by atoms with E-state index in [1.807, 2.05) is 0 Å². The molecule has 0 N–H and O–H groups in total. The number of carbonyl (C=O) groups is 1. The van der Waals surface area contributed by atoms with Crippen LogP contribution in [-0.2, 0) is 11.8 Å². The highest BCUT2D eigenvalue weighted by atomic mass is 16.5. The standard InChI is InChI=1S/C8H11N3O2/c1-11-7(4-9-10-11)8(12)6-2-3-13-5-6/h4,6H,2-3,5H2,1H3. The summed E-state index contributed by atoms with van der Waals surface area (Å²) in [6.45, 7) is 1.21. The van der Waals surface area contributed by atoms with Crippen molar-refractivity contribution in [1.29, 1.82) is 0 Å². The van der Waals surface area contributed by atoms with Gasteiger partial charge >= 0.3 is 0 Å². The van der Waals surface area contributed by atoms with Crippen LogP contribution in [0.25, 0.3) is 0 Å². The summed E-state index contributed by atoms with van der Waals surface area (Å²) in [4.78, 5) is 11.7. The second kappa shape index (κ2) is 3.26. The number of aryl methyl sites for hydroxylation is 1. The Hall–Kier alpha value is -1.23. The maximum absolute atomic E-state index is 11.7. The number of ketones is 1. The van der Waals surface area contributed by atoms with Crippen LogP contribution in [0, 0.1) is 5.92 Å². The van der Waals surface area contributed by atoms with E-state index >= 15 is 0 Å². The van der Waals surface area contributed by atoms with Crippen molar-refractivity contribution >= 4 is 5.78 Å². The van der Waals surface area contributed by atoms with Crippen LogP contribution in [0.15, 0.2) is 6.20 Å². The monoisotopic (exact) mass is 181 g/mol. The number of carbonyl (C=O) groups excluding carboxylic acids is 1. The summed E-state index contributed by atoms with van der Waals surface area (Å²) >= 11 is 0. The maximum atomic E-state index is 11.7. The second-order valence-corrected chi connectivity index (χ2v) is 3.17. The van der Waals surface area contributed by atoms with Crippen LogP contribution < -0.4 is 0 Å². The van der Waals surface area contributed by atoms with E-state index in [0.717, 1.165) is 6.42 Å². The van der Waals surface area contributed by atoms with Gasteiger partial charge in [-0.2, -0.15) is 0 Å². The third kappa shape index (κ3) is 1.47. The first-order valence-corrected chi connectivity index (χ1v) is 4.25. The first-order chi connectivity index (χ1) is 6.29. The molecule has 70 valence electrons. The summed E-state index contributed by atoms with van der Waals surface area (Å²) in [5, 5.41) is 7.38. The van der Waals surface area contributed by atoms with Crippen LogP contribution in [0.3, 0.4) is 0 Å². The number of ether oxygens (including phenoxy) is 1. The van der Waals surface area contributed by atoms with E-state index in [4.69, 9.17) is 4.74 Å². The Balaban J connectivity index is 2.17. The molecule has 13 heavy (non-hydrogen) atoms. The number of Topliss-reactive ketones (excluding diaryl/α,β-unsaturated/α-hetero) is 1. The number of hydrogen-bond donors (Lipinski definition) is 0. The molecule has 1 saturated heterocycles. The fourth-order valence-electron chi connectivity index (χ4n) is 1.46. The molecule has 5 nitrogen and oxygen atoms in total. The van der Waals surface area contributed by atoms with Gasteiger partial charge in [-0.25, -0.2) is 4.68 Å². The van der Waals surface area contributed by atoms with E-state index in [1.54, 1.807) is 7.05 Å². The molecule has 0 saturated carbocycles. The van der Waals surface area contributed by atoms with Crippen molar-refractivity contribution in [3.8, 4) is 0 Å². The van der Waals surface area contributed by atoms with Gasteiger partial charge in [0.1, 0.15) is 5.69 Å². The molecule has 1 unspecified atom stereocenters. The molecule has 1 aliphatic heterocycles. The van der Waals surface area contributed by atoms with Crippen LogP contribution in [0.2, 0.25) is 0 Å². The zero-order valence-corrected chi connectivity index (χ0v) is 7.43.